The number of ether oxygens (including phenoxy) is 4. The number of nitrogens with zero attached hydrogens (tertiary/aromatic N) is 1. The molecule has 5 rings (SSSR count). The quantitative estimate of drug-likeness (QED) is 0.328. The molecule has 0 atom stereocenters. The fraction of sp³-hybridized carbons (Fsp3) is 0.120. The van der Waals surface area contributed by atoms with Crippen molar-refractivity contribution in [1.82, 2.24) is 0 Å². The van der Waals surface area contributed by atoms with Crippen molar-refractivity contribution in [1.29, 1.82) is 0 Å². The molecule has 1 amide bonds. The van der Waals surface area contributed by atoms with Crippen LogP contribution in [0.5, 0.6) is 23.0 Å². The van der Waals surface area contributed by atoms with Crippen LogP contribution in [0, 0.1) is 5.82 Å². The lowest BCUT2D eigenvalue weighted by molar-refractivity contribution is -0.113. The maximum atomic E-state index is 13.1. The second kappa shape index (κ2) is 9.36. The highest BCUT2D eigenvalue weighted by Gasteiger charge is 2.34. The van der Waals surface area contributed by atoms with E-state index in [9.17, 15) is 9.18 Å². The molecule has 6 nitrogen and oxygen atoms in total. The third-order valence-corrected chi connectivity index (χ3v) is 6.50. The summed E-state index contributed by atoms with van der Waals surface area (Å²) in [6, 6.07) is 16.8. The Kier molecular flexibility index (Phi) is 6.12. The van der Waals surface area contributed by atoms with Crippen LogP contribution in [-0.4, -0.2) is 24.1 Å². The zero-order chi connectivity index (χ0) is 23.7. The molecule has 1 fully saturated rings. The average Bonchev–Trinajstić information content (AvgIpc) is 3.42. The number of thiocarbonyl (C=S) groups is 1. The molecule has 0 saturated carbocycles. The largest absolute Gasteiger partial charge is 0.493 e. The fourth-order valence-electron chi connectivity index (χ4n) is 3.50. The van der Waals surface area contributed by atoms with Crippen LogP contribution >= 0.6 is 24.0 Å². The van der Waals surface area contributed by atoms with Crippen LogP contribution in [0.4, 0.5) is 10.1 Å². The summed E-state index contributed by atoms with van der Waals surface area (Å²) in [5.41, 5.74) is 2.22. The fourth-order valence-corrected chi connectivity index (χ4v) is 4.80. The summed E-state index contributed by atoms with van der Waals surface area (Å²) in [7, 11) is 1.54. The molecule has 2 heterocycles. The summed E-state index contributed by atoms with van der Waals surface area (Å²) >= 11 is 6.69. The normalized spacial score (nSPS) is 15.8. The van der Waals surface area contributed by atoms with E-state index in [1.54, 1.807) is 55.7 Å². The molecule has 0 aromatic heterocycles. The Morgan fingerprint density at radius 1 is 1.06 bits per heavy atom. The van der Waals surface area contributed by atoms with Crippen LogP contribution in [0.1, 0.15) is 11.1 Å². The van der Waals surface area contributed by atoms with Crippen LogP contribution in [-0.2, 0) is 11.4 Å². The summed E-state index contributed by atoms with van der Waals surface area (Å²) in [4.78, 5) is 15.1. The van der Waals surface area contributed by atoms with Crippen molar-refractivity contribution >= 4 is 46.0 Å². The third-order valence-electron chi connectivity index (χ3n) is 5.20. The molecule has 0 unspecified atom stereocenters. The van der Waals surface area contributed by atoms with Gasteiger partial charge < -0.3 is 18.9 Å². The van der Waals surface area contributed by atoms with Gasteiger partial charge in [0.2, 0.25) is 6.79 Å². The number of hydrogen-bond acceptors (Lipinski definition) is 7. The zero-order valence-corrected chi connectivity index (χ0v) is 19.6. The van der Waals surface area contributed by atoms with Gasteiger partial charge in [-0.3, -0.25) is 9.69 Å². The number of thioether (sulfide) groups is 1. The summed E-state index contributed by atoms with van der Waals surface area (Å²) in [5, 5.41) is 0. The van der Waals surface area contributed by atoms with E-state index in [-0.39, 0.29) is 25.1 Å². The molecule has 1 saturated heterocycles. The number of hydrogen-bond donors (Lipinski definition) is 0. The average molecular weight is 496 g/mol. The van der Waals surface area contributed by atoms with Gasteiger partial charge in [-0.05, 0) is 53.6 Å². The van der Waals surface area contributed by atoms with Gasteiger partial charge in [0.15, 0.2) is 27.3 Å². The minimum absolute atomic E-state index is 0.155. The Morgan fingerprint density at radius 3 is 2.65 bits per heavy atom. The van der Waals surface area contributed by atoms with Crippen LogP contribution in [0.15, 0.2) is 65.6 Å². The number of rotatable bonds is 6. The third kappa shape index (κ3) is 4.44. The first-order valence-corrected chi connectivity index (χ1v) is 11.5. The smallest absolute Gasteiger partial charge is 0.270 e. The second-order valence-corrected chi connectivity index (χ2v) is 9.06. The van der Waals surface area contributed by atoms with Crippen LogP contribution < -0.4 is 23.8 Å². The van der Waals surface area contributed by atoms with Crippen LogP contribution in [0.2, 0.25) is 0 Å². The van der Waals surface area contributed by atoms with Gasteiger partial charge in [-0.1, -0.05) is 42.2 Å². The molecule has 0 radical (unpaired) electrons. The summed E-state index contributed by atoms with van der Waals surface area (Å²) in [5.74, 6) is 1.76. The molecule has 2 aliphatic rings. The lowest BCUT2D eigenvalue weighted by atomic mass is 10.1. The molecule has 0 N–H and O–H groups in total. The number of benzene rings is 3. The van der Waals surface area contributed by atoms with Crippen molar-refractivity contribution in [3.8, 4) is 23.0 Å². The number of anilines is 1. The number of halogens is 1. The molecular weight excluding hydrogens is 477 g/mol. The Hall–Kier alpha value is -3.56. The second-order valence-electron chi connectivity index (χ2n) is 7.38. The van der Waals surface area contributed by atoms with Crippen LogP contribution in [0.25, 0.3) is 6.08 Å². The molecule has 9 heteroatoms. The highest BCUT2D eigenvalue weighted by atomic mass is 32.2. The van der Waals surface area contributed by atoms with Crippen molar-refractivity contribution in [3.05, 3.63) is 82.5 Å². The number of methoxy groups -OCH3 is 1. The van der Waals surface area contributed by atoms with Crippen molar-refractivity contribution in [2.75, 3.05) is 18.8 Å². The number of fused-ring (bicyclic) bond motifs is 1. The monoisotopic (exact) mass is 495 g/mol. The van der Waals surface area contributed by atoms with Crippen LogP contribution in [0.3, 0.4) is 0 Å². The van der Waals surface area contributed by atoms with Gasteiger partial charge in [-0.15, -0.1) is 0 Å². The Morgan fingerprint density at radius 2 is 1.85 bits per heavy atom. The van der Waals surface area contributed by atoms with Gasteiger partial charge in [0.25, 0.3) is 5.91 Å². The van der Waals surface area contributed by atoms with E-state index in [2.05, 4.69) is 0 Å². The van der Waals surface area contributed by atoms with Crippen molar-refractivity contribution in [2.24, 2.45) is 0 Å². The van der Waals surface area contributed by atoms with Gasteiger partial charge in [0.1, 0.15) is 12.4 Å². The lowest BCUT2D eigenvalue weighted by Gasteiger charge is -2.14. The van der Waals surface area contributed by atoms with E-state index < -0.39 is 0 Å². The predicted molar refractivity (Wildman–Crippen MR) is 132 cm³/mol. The Balaban J connectivity index is 1.34. The van der Waals surface area contributed by atoms with Crippen molar-refractivity contribution in [2.45, 2.75) is 6.61 Å². The SMILES string of the molecule is COc1cc(/C=C2\SC(=S)N(c3ccc4c(c3)OCO4)C2=O)ccc1OCc1ccc(F)cc1. The van der Waals surface area contributed by atoms with E-state index >= 15 is 0 Å². The number of amides is 1. The minimum Gasteiger partial charge on any atom is -0.493 e. The van der Waals surface area contributed by atoms with Gasteiger partial charge >= 0.3 is 0 Å². The molecule has 0 bridgehead atoms. The Bertz CT molecular complexity index is 1310. The summed E-state index contributed by atoms with van der Waals surface area (Å²) < 4.78 is 35.6. The molecule has 0 aliphatic carbocycles. The maximum Gasteiger partial charge on any atom is 0.270 e. The van der Waals surface area contributed by atoms with E-state index in [0.29, 0.717) is 37.9 Å². The first-order valence-electron chi connectivity index (χ1n) is 10.2. The number of carbonyl (C=O) groups is 1. The summed E-state index contributed by atoms with van der Waals surface area (Å²) in [6.45, 7) is 0.423. The highest BCUT2D eigenvalue weighted by Crippen LogP contribution is 2.41. The van der Waals surface area contributed by atoms with Gasteiger partial charge in [-0.2, -0.15) is 0 Å². The maximum absolute atomic E-state index is 13.1. The van der Waals surface area contributed by atoms with E-state index in [1.807, 2.05) is 6.07 Å². The molecule has 2 aliphatic heterocycles. The Labute approximate surface area is 204 Å². The molecule has 3 aromatic carbocycles. The first kappa shape index (κ1) is 22.2. The topological polar surface area (TPSA) is 57.2 Å². The van der Waals surface area contributed by atoms with Crippen molar-refractivity contribution < 1.29 is 28.1 Å². The zero-order valence-electron chi connectivity index (χ0n) is 17.9. The van der Waals surface area contributed by atoms with Gasteiger partial charge in [0.05, 0.1) is 17.7 Å². The first-order chi connectivity index (χ1) is 16.5. The molecule has 0 spiro atoms. The molecular formula is C25H18FNO5S2. The molecule has 3 aromatic rings. The van der Waals surface area contributed by atoms with E-state index in [0.717, 1.165) is 11.1 Å². The van der Waals surface area contributed by atoms with Gasteiger partial charge in [-0.25, -0.2) is 4.39 Å². The van der Waals surface area contributed by atoms with E-state index in [4.69, 9.17) is 31.2 Å². The summed E-state index contributed by atoms with van der Waals surface area (Å²) in [6.07, 6.45) is 1.76. The minimum atomic E-state index is -0.297. The van der Waals surface area contributed by atoms with Crippen molar-refractivity contribution in [3.63, 3.8) is 0 Å². The highest BCUT2D eigenvalue weighted by molar-refractivity contribution is 8.27. The standard InChI is InChI=1S/C25H18FNO5S2/c1-29-21-10-16(4-8-19(21)30-13-15-2-5-17(26)6-3-15)11-23-24(28)27(25(33)34-23)18-7-9-20-22(12-18)32-14-31-20/h2-12H,13-14H2,1H3/b23-11-. The number of carbonyl (C=O) groups excluding carboxylic acids is 1. The lowest BCUT2D eigenvalue weighted by Crippen LogP contribution is -2.27. The molecule has 172 valence electrons. The predicted octanol–water partition coefficient (Wildman–Crippen LogP) is 5.55. The van der Waals surface area contributed by atoms with E-state index in [1.165, 1.54) is 28.8 Å². The molecule has 34 heavy (non-hydrogen) atoms. The van der Waals surface area contributed by atoms with Gasteiger partial charge in [0, 0.05) is 6.07 Å².